The molecule has 24 heavy (non-hydrogen) atoms. The molecule has 0 saturated carbocycles. The van der Waals surface area contributed by atoms with Crippen LogP contribution < -0.4 is 4.74 Å². The molecule has 0 heterocycles. The summed E-state index contributed by atoms with van der Waals surface area (Å²) in [7, 11) is 0. The van der Waals surface area contributed by atoms with Crippen LogP contribution in [0.15, 0.2) is 48.5 Å². The first-order valence-corrected chi connectivity index (χ1v) is 8.65. The van der Waals surface area contributed by atoms with Crippen LogP contribution in [0.25, 0.3) is 0 Å². The van der Waals surface area contributed by atoms with Crippen LogP contribution in [0.5, 0.6) is 5.75 Å². The van der Waals surface area contributed by atoms with Gasteiger partial charge in [-0.1, -0.05) is 51.0 Å². The van der Waals surface area contributed by atoms with Gasteiger partial charge < -0.3 is 4.74 Å². The first kappa shape index (κ1) is 18.2. The van der Waals surface area contributed by atoms with Crippen molar-refractivity contribution in [1.29, 1.82) is 0 Å². The zero-order valence-corrected chi connectivity index (χ0v) is 14.4. The van der Waals surface area contributed by atoms with Gasteiger partial charge in [0, 0.05) is 11.5 Å². The highest BCUT2D eigenvalue weighted by molar-refractivity contribution is 5.98. The van der Waals surface area contributed by atoms with Gasteiger partial charge in [0.2, 0.25) is 0 Å². The van der Waals surface area contributed by atoms with E-state index in [1.807, 2.05) is 24.3 Å². The first-order chi connectivity index (χ1) is 11.6. The third-order valence-corrected chi connectivity index (χ3v) is 4.06. The number of benzene rings is 2. The Morgan fingerprint density at radius 1 is 1.04 bits per heavy atom. The lowest BCUT2D eigenvalue weighted by molar-refractivity contribution is 0.0904. The first-order valence-electron chi connectivity index (χ1n) is 8.65. The van der Waals surface area contributed by atoms with Crippen LogP contribution in [0.1, 0.15) is 55.5 Å². The van der Waals surface area contributed by atoms with E-state index in [4.69, 9.17) is 4.74 Å². The molecule has 0 aliphatic rings. The van der Waals surface area contributed by atoms with Gasteiger partial charge in [0.1, 0.15) is 18.2 Å². The van der Waals surface area contributed by atoms with Gasteiger partial charge in [0.15, 0.2) is 5.78 Å². The summed E-state index contributed by atoms with van der Waals surface area (Å²) in [5, 5.41) is 0. The number of Topliss-reactive ketones (excluding diaryl/α,β-unsaturated/α-hetero) is 1. The number of ketones is 1. The van der Waals surface area contributed by atoms with Crippen molar-refractivity contribution in [2.75, 3.05) is 0 Å². The van der Waals surface area contributed by atoms with Crippen molar-refractivity contribution < 1.29 is 13.9 Å². The van der Waals surface area contributed by atoms with Crippen molar-refractivity contribution in [1.82, 2.24) is 0 Å². The van der Waals surface area contributed by atoms with Crippen LogP contribution in [0.4, 0.5) is 4.39 Å². The molecule has 0 aliphatic carbocycles. The molecule has 0 radical (unpaired) electrons. The number of hydrogen-bond donors (Lipinski definition) is 0. The van der Waals surface area contributed by atoms with Gasteiger partial charge in [-0.25, -0.2) is 4.39 Å². The minimum absolute atomic E-state index is 0.0819. The Morgan fingerprint density at radius 2 is 1.75 bits per heavy atom. The van der Waals surface area contributed by atoms with Gasteiger partial charge in [-0.2, -0.15) is 0 Å². The summed E-state index contributed by atoms with van der Waals surface area (Å²) in [6.07, 6.45) is 3.85. The molecule has 0 bridgehead atoms. The Labute approximate surface area is 143 Å². The fourth-order valence-electron chi connectivity index (χ4n) is 2.87. The zero-order chi connectivity index (χ0) is 17.4. The van der Waals surface area contributed by atoms with Gasteiger partial charge in [-0.15, -0.1) is 0 Å². The normalized spacial score (nSPS) is 10.8. The fraction of sp³-hybridized carbons (Fsp3) is 0.381. The minimum atomic E-state index is -0.276. The zero-order valence-electron chi connectivity index (χ0n) is 14.4. The molecule has 0 aromatic heterocycles. The molecule has 2 aromatic rings. The van der Waals surface area contributed by atoms with Crippen molar-refractivity contribution in [2.24, 2.45) is 5.92 Å². The van der Waals surface area contributed by atoms with Crippen molar-refractivity contribution >= 4 is 5.78 Å². The molecule has 0 aliphatic heterocycles. The molecule has 3 heteroatoms. The molecule has 0 amide bonds. The molecule has 0 fully saturated rings. The Hall–Kier alpha value is -2.16. The number of halogens is 1. The van der Waals surface area contributed by atoms with E-state index in [-0.39, 0.29) is 24.1 Å². The quantitative estimate of drug-likeness (QED) is 0.543. The summed E-state index contributed by atoms with van der Waals surface area (Å²) in [5.41, 5.74) is 1.46. The maximum absolute atomic E-state index is 13.2. The number of carbonyl (C=O) groups excluding carboxylic acids is 1. The summed E-state index contributed by atoms with van der Waals surface area (Å²) in [4.78, 5) is 12.7. The van der Waals surface area contributed by atoms with E-state index >= 15 is 0 Å². The summed E-state index contributed by atoms with van der Waals surface area (Å²) in [6.45, 7) is 4.49. The van der Waals surface area contributed by atoms with Gasteiger partial charge in [-0.3, -0.25) is 4.79 Å². The van der Waals surface area contributed by atoms with E-state index in [0.717, 1.165) is 31.2 Å². The second-order valence-electron chi connectivity index (χ2n) is 6.08. The van der Waals surface area contributed by atoms with Crippen LogP contribution in [0.2, 0.25) is 0 Å². The average molecular weight is 328 g/mol. The lowest BCUT2D eigenvalue weighted by Gasteiger charge is -2.15. The van der Waals surface area contributed by atoms with Crippen molar-refractivity contribution in [3.8, 4) is 5.75 Å². The summed E-state index contributed by atoms with van der Waals surface area (Å²) < 4.78 is 18.9. The monoisotopic (exact) mass is 328 g/mol. The molecule has 2 rings (SSSR count). The van der Waals surface area contributed by atoms with Crippen molar-refractivity contribution in [3.63, 3.8) is 0 Å². The SMILES string of the molecule is CCCC(CCC)C(=O)c1cccc(OCc2cccc(F)c2)c1. The molecule has 0 spiro atoms. The van der Waals surface area contributed by atoms with Crippen LogP contribution in [0.3, 0.4) is 0 Å². The fourth-order valence-corrected chi connectivity index (χ4v) is 2.87. The van der Waals surface area contributed by atoms with E-state index in [1.165, 1.54) is 12.1 Å². The summed E-state index contributed by atoms with van der Waals surface area (Å²) in [5.74, 6) is 0.632. The second kappa shape index (κ2) is 9.21. The third-order valence-electron chi connectivity index (χ3n) is 4.06. The lowest BCUT2D eigenvalue weighted by atomic mass is 9.90. The smallest absolute Gasteiger partial charge is 0.166 e. The van der Waals surface area contributed by atoms with Crippen LogP contribution in [0, 0.1) is 11.7 Å². The molecule has 2 nitrogen and oxygen atoms in total. The number of rotatable bonds is 9. The predicted octanol–water partition coefficient (Wildman–Crippen LogP) is 5.80. The maximum Gasteiger partial charge on any atom is 0.166 e. The van der Waals surface area contributed by atoms with Crippen LogP contribution >= 0.6 is 0 Å². The topological polar surface area (TPSA) is 26.3 Å². The molecule has 128 valence electrons. The van der Waals surface area contributed by atoms with E-state index < -0.39 is 0 Å². The van der Waals surface area contributed by atoms with Crippen LogP contribution in [-0.2, 0) is 6.61 Å². The lowest BCUT2D eigenvalue weighted by Crippen LogP contribution is -2.14. The number of carbonyl (C=O) groups is 1. The van der Waals surface area contributed by atoms with Crippen molar-refractivity contribution in [2.45, 2.75) is 46.1 Å². The Morgan fingerprint density at radius 3 is 2.42 bits per heavy atom. The molecule has 0 N–H and O–H groups in total. The molecule has 0 saturated heterocycles. The molecular weight excluding hydrogens is 303 g/mol. The van der Waals surface area contributed by atoms with Crippen LogP contribution in [-0.4, -0.2) is 5.78 Å². The standard InChI is InChI=1S/C21H25FO2/c1-3-7-17(8-4-2)21(23)18-10-6-12-20(14-18)24-15-16-9-5-11-19(22)13-16/h5-6,9-14,17H,3-4,7-8,15H2,1-2H3. The molecule has 0 atom stereocenters. The largest absolute Gasteiger partial charge is 0.489 e. The van der Waals surface area contributed by atoms with E-state index in [2.05, 4.69) is 13.8 Å². The van der Waals surface area contributed by atoms with Gasteiger partial charge in [0.25, 0.3) is 0 Å². The molecule has 0 unspecified atom stereocenters. The highest BCUT2D eigenvalue weighted by atomic mass is 19.1. The van der Waals surface area contributed by atoms with Gasteiger partial charge in [0.05, 0.1) is 0 Å². The molecule has 2 aromatic carbocycles. The minimum Gasteiger partial charge on any atom is -0.489 e. The summed E-state index contributed by atoms with van der Waals surface area (Å²) in [6, 6.07) is 13.6. The number of ether oxygens (including phenoxy) is 1. The second-order valence-corrected chi connectivity index (χ2v) is 6.08. The summed E-state index contributed by atoms with van der Waals surface area (Å²) >= 11 is 0. The Kier molecular flexibility index (Phi) is 6.98. The Bertz CT molecular complexity index is 660. The molecular formula is C21H25FO2. The number of hydrogen-bond acceptors (Lipinski definition) is 2. The maximum atomic E-state index is 13.2. The third kappa shape index (κ3) is 5.19. The average Bonchev–Trinajstić information content (AvgIpc) is 2.59. The van der Waals surface area contributed by atoms with Gasteiger partial charge >= 0.3 is 0 Å². The van der Waals surface area contributed by atoms with E-state index in [9.17, 15) is 9.18 Å². The van der Waals surface area contributed by atoms with Crippen molar-refractivity contribution in [3.05, 3.63) is 65.5 Å². The predicted molar refractivity (Wildman–Crippen MR) is 94.8 cm³/mol. The highest BCUT2D eigenvalue weighted by Gasteiger charge is 2.18. The van der Waals surface area contributed by atoms with Gasteiger partial charge in [-0.05, 0) is 42.7 Å². The van der Waals surface area contributed by atoms with E-state index in [0.29, 0.717) is 11.3 Å². The van der Waals surface area contributed by atoms with E-state index in [1.54, 1.807) is 12.1 Å². The highest BCUT2D eigenvalue weighted by Crippen LogP contribution is 2.22. The Balaban J connectivity index is 2.06.